The van der Waals surface area contributed by atoms with Gasteiger partial charge in [-0.25, -0.2) is 9.97 Å². The van der Waals surface area contributed by atoms with Crippen molar-refractivity contribution in [3.8, 4) is 0 Å². The van der Waals surface area contributed by atoms with Gasteiger partial charge >= 0.3 is 0 Å². The van der Waals surface area contributed by atoms with E-state index in [1.807, 2.05) is 6.20 Å². The molecule has 0 aromatic carbocycles. The second-order valence-corrected chi connectivity index (χ2v) is 6.44. The molecule has 0 bridgehead atoms. The molecule has 2 rings (SSSR count). The smallest absolute Gasteiger partial charge is 0.128 e. The van der Waals surface area contributed by atoms with Crippen molar-refractivity contribution in [2.75, 3.05) is 20.3 Å². The minimum Gasteiger partial charge on any atom is -0.385 e. The molecule has 1 unspecified atom stereocenters. The normalized spacial score (nSPS) is 20.7. The maximum absolute atomic E-state index is 5.09. The number of hydrogen-bond donors (Lipinski definition) is 1. The predicted octanol–water partition coefficient (Wildman–Crippen LogP) is 2.68. The van der Waals surface area contributed by atoms with Gasteiger partial charge in [-0.15, -0.1) is 0 Å². The summed E-state index contributed by atoms with van der Waals surface area (Å²) >= 11 is 0. The lowest BCUT2D eigenvalue weighted by Gasteiger charge is -2.36. The van der Waals surface area contributed by atoms with Crippen LogP contribution in [-0.4, -0.2) is 30.2 Å². The van der Waals surface area contributed by atoms with Crippen LogP contribution < -0.4 is 5.32 Å². The fourth-order valence-corrected chi connectivity index (χ4v) is 3.01. The van der Waals surface area contributed by atoms with E-state index in [-0.39, 0.29) is 0 Å². The lowest BCUT2D eigenvalue weighted by atomic mass is 9.74. The molecule has 0 aliphatic heterocycles. The molecule has 0 amide bonds. The molecular weight excluding hydrogens is 250 g/mol. The molecule has 4 nitrogen and oxygen atoms in total. The number of methoxy groups -OCH3 is 1. The summed E-state index contributed by atoms with van der Waals surface area (Å²) in [5.41, 5.74) is 2.83. The van der Waals surface area contributed by atoms with Crippen molar-refractivity contribution in [3.63, 3.8) is 0 Å². The molecule has 1 aromatic heterocycles. The van der Waals surface area contributed by atoms with Gasteiger partial charge in [-0.2, -0.15) is 0 Å². The van der Waals surface area contributed by atoms with E-state index in [0.717, 1.165) is 44.7 Å². The third-order valence-corrected chi connectivity index (χ3v) is 3.93. The largest absolute Gasteiger partial charge is 0.385 e. The number of fused-ring (bicyclic) bond motifs is 1. The molecule has 0 radical (unpaired) electrons. The highest BCUT2D eigenvalue weighted by molar-refractivity contribution is 5.26. The van der Waals surface area contributed by atoms with Gasteiger partial charge in [-0.3, -0.25) is 0 Å². The number of hydrogen-bond acceptors (Lipinski definition) is 4. The number of ether oxygens (including phenoxy) is 1. The zero-order valence-electron chi connectivity index (χ0n) is 13.2. The first kappa shape index (κ1) is 15.4. The maximum Gasteiger partial charge on any atom is 0.128 e. The van der Waals surface area contributed by atoms with E-state index in [2.05, 4.69) is 31.1 Å². The quantitative estimate of drug-likeness (QED) is 0.812. The minimum absolute atomic E-state index is 0.304. The van der Waals surface area contributed by atoms with Crippen LogP contribution in [0, 0.1) is 5.41 Å². The molecule has 20 heavy (non-hydrogen) atoms. The SMILES string of the molecule is CCNC1CC(C)(C)Cc2nc(CCCOC)ncc21. The molecule has 1 aliphatic rings. The number of nitrogens with one attached hydrogen (secondary N) is 1. The first-order valence-corrected chi connectivity index (χ1v) is 7.63. The Hall–Kier alpha value is -1.00. The predicted molar refractivity (Wildman–Crippen MR) is 80.7 cm³/mol. The van der Waals surface area contributed by atoms with Crippen molar-refractivity contribution in [2.45, 2.75) is 52.5 Å². The van der Waals surface area contributed by atoms with Gasteiger partial charge in [0.25, 0.3) is 0 Å². The van der Waals surface area contributed by atoms with Crippen LogP contribution in [0.15, 0.2) is 6.20 Å². The molecule has 0 saturated carbocycles. The molecule has 1 N–H and O–H groups in total. The van der Waals surface area contributed by atoms with E-state index < -0.39 is 0 Å². The Bertz CT molecular complexity index is 445. The van der Waals surface area contributed by atoms with Crippen molar-refractivity contribution in [1.29, 1.82) is 0 Å². The highest BCUT2D eigenvalue weighted by Crippen LogP contribution is 2.39. The van der Waals surface area contributed by atoms with Crippen molar-refractivity contribution < 1.29 is 4.74 Å². The van der Waals surface area contributed by atoms with E-state index in [4.69, 9.17) is 9.72 Å². The zero-order chi connectivity index (χ0) is 14.6. The topological polar surface area (TPSA) is 47.0 Å². The monoisotopic (exact) mass is 277 g/mol. The van der Waals surface area contributed by atoms with E-state index in [9.17, 15) is 0 Å². The van der Waals surface area contributed by atoms with Gasteiger partial charge in [0, 0.05) is 43.6 Å². The van der Waals surface area contributed by atoms with E-state index in [0.29, 0.717) is 11.5 Å². The summed E-state index contributed by atoms with van der Waals surface area (Å²) in [7, 11) is 1.73. The third kappa shape index (κ3) is 3.76. The Morgan fingerprint density at radius 1 is 1.45 bits per heavy atom. The maximum atomic E-state index is 5.09. The van der Waals surface area contributed by atoms with E-state index in [1.165, 1.54) is 11.3 Å². The van der Waals surface area contributed by atoms with Crippen LogP contribution in [0.2, 0.25) is 0 Å². The van der Waals surface area contributed by atoms with Gasteiger partial charge in [-0.1, -0.05) is 20.8 Å². The number of nitrogens with zero attached hydrogens (tertiary/aromatic N) is 2. The van der Waals surface area contributed by atoms with Crippen molar-refractivity contribution in [3.05, 3.63) is 23.3 Å². The van der Waals surface area contributed by atoms with Crippen LogP contribution in [0.5, 0.6) is 0 Å². The molecular formula is C16H27N3O. The summed E-state index contributed by atoms with van der Waals surface area (Å²) < 4.78 is 5.09. The van der Waals surface area contributed by atoms with Crippen molar-refractivity contribution in [2.24, 2.45) is 5.41 Å². The Kier molecular flexibility index (Phi) is 5.11. The number of rotatable bonds is 6. The molecule has 4 heteroatoms. The van der Waals surface area contributed by atoms with Crippen LogP contribution in [0.1, 0.15) is 56.7 Å². The zero-order valence-corrected chi connectivity index (χ0v) is 13.2. The fourth-order valence-electron chi connectivity index (χ4n) is 3.01. The molecule has 0 fully saturated rings. The molecule has 0 saturated heterocycles. The summed E-state index contributed by atoms with van der Waals surface area (Å²) in [6.45, 7) is 8.56. The molecule has 1 heterocycles. The number of aryl methyl sites for hydroxylation is 1. The summed E-state index contributed by atoms with van der Waals surface area (Å²) in [5, 5.41) is 3.57. The summed E-state index contributed by atoms with van der Waals surface area (Å²) in [5.74, 6) is 0.953. The van der Waals surface area contributed by atoms with Crippen molar-refractivity contribution >= 4 is 0 Å². The second-order valence-electron chi connectivity index (χ2n) is 6.44. The third-order valence-electron chi connectivity index (χ3n) is 3.93. The summed E-state index contributed by atoms with van der Waals surface area (Å²) in [6.07, 6.45) is 6.11. The van der Waals surface area contributed by atoms with Gasteiger partial charge in [0.05, 0.1) is 0 Å². The van der Waals surface area contributed by atoms with Gasteiger partial charge < -0.3 is 10.1 Å². The first-order chi connectivity index (χ1) is 9.55. The van der Waals surface area contributed by atoms with Crippen LogP contribution in [-0.2, 0) is 17.6 Å². The average molecular weight is 277 g/mol. The highest BCUT2D eigenvalue weighted by atomic mass is 16.5. The average Bonchev–Trinajstić information content (AvgIpc) is 2.37. The summed E-state index contributed by atoms with van der Waals surface area (Å²) in [4.78, 5) is 9.34. The van der Waals surface area contributed by atoms with Crippen LogP contribution >= 0.6 is 0 Å². The van der Waals surface area contributed by atoms with Gasteiger partial charge in [-0.05, 0) is 31.2 Å². The molecule has 112 valence electrons. The van der Waals surface area contributed by atoms with Crippen molar-refractivity contribution in [1.82, 2.24) is 15.3 Å². The molecule has 1 aliphatic carbocycles. The second kappa shape index (κ2) is 6.64. The van der Waals surface area contributed by atoms with E-state index in [1.54, 1.807) is 7.11 Å². The van der Waals surface area contributed by atoms with Gasteiger partial charge in [0.15, 0.2) is 0 Å². The first-order valence-electron chi connectivity index (χ1n) is 7.63. The van der Waals surface area contributed by atoms with Crippen LogP contribution in [0.25, 0.3) is 0 Å². The summed E-state index contributed by atoms with van der Waals surface area (Å²) in [6, 6.07) is 0.395. The molecule has 1 aromatic rings. The lowest BCUT2D eigenvalue weighted by molar-refractivity contribution is 0.194. The minimum atomic E-state index is 0.304. The number of aromatic nitrogens is 2. The van der Waals surface area contributed by atoms with Crippen LogP contribution in [0.3, 0.4) is 0 Å². The molecule has 0 spiro atoms. The van der Waals surface area contributed by atoms with Crippen LogP contribution in [0.4, 0.5) is 0 Å². The molecule has 1 atom stereocenters. The fraction of sp³-hybridized carbons (Fsp3) is 0.750. The Morgan fingerprint density at radius 3 is 2.95 bits per heavy atom. The Labute approximate surface area is 122 Å². The Balaban J connectivity index is 2.18. The highest BCUT2D eigenvalue weighted by Gasteiger charge is 2.33. The van der Waals surface area contributed by atoms with Gasteiger partial charge in [0.1, 0.15) is 5.82 Å². The standard InChI is InChI=1S/C16H27N3O/c1-5-17-13-9-16(2,3)10-14-12(13)11-18-15(19-14)7-6-8-20-4/h11,13,17H,5-10H2,1-4H3. The van der Waals surface area contributed by atoms with Gasteiger partial charge in [0.2, 0.25) is 0 Å². The lowest BCUT2D eigenvalue weighted by Crippen LogP contribution is -2.34. The van der Waals surface area contributed by atoms with E-state index >= 15 is 0 Å². The Morgan fingerprint density at radius 2 is 2.25 bits per heavy atom.